The third-order valence-corrected chi connectivity index (χ3v) is 21.9. The number of nitrogens with two attached hydrogens (primary N) is 1. The number of unbranched alkanes of at least 4 members (excludes halogenated alkanes) is 2. The van der Waals surface area contributed by atoms with Crippen LogP contribution in [0.1, 0.15) is 84.8 Å². The van der Waals surface area contributed by atoms with Gasteiger partial charge in [0.25, 0.3) is 32.1 Å². The van der Waals surface area contributed by atoms with Crippen molar-refractivity contribution in [3.05, 3.63) is 112 Å². The molecule has 0 radical (unpaired) electrons. The van der Waals surface area contributed by atoms with Gasteiger partial charge >= 0.3 is 0 Å². The zero-order chi connectivity index (χ0) is 75.8. The number of ether oxygens (including phenoxy) is 5. The van der Waals surface area contributed by atoms with Gasteiger partial charge in [0.15, 0.2) is 19.0 Å². The van der Waals surface area contributed by atoms with Crippen LogP contribution in [-0.4, -0.2) is 212 Å². The summed E-state index contributed by atoms with van der Waals surface area (Å²) in [5.74, 6) is -0.389. The summed E-state index contributed by atoms with van der Waals surface area (Å²) < 4.78 is 134. The van der Waals surface area contributed by atoms with Crippen molar-refractivity contribution >= 4 is 76.2 Å². The fourth-order valence-electron chi connectivity index (χ4n) is 12.0. The van der Waals surface area contributed by atoms with Crippen molar-refractivity contribution in [3.8, 4) is 62.1 Å². The van der Waals surface area contributed by atoms with Gasteiger partial charge < -0.3 is 54.7 Å². The Balaban J connectivity index is 1.27. The molecule has 7 rings (SSSR count). The minimum atomic E-state index is -4.20. The van der Waals surface area contributed by atoms with Crippen LogP contribution in [0.25, 0.3) is 33.4 Å². The second kappa shape index (κ2) is 36.8. The first kappa shape index (κ1) is 83.2. The first-order valence-electron chi connectivity index (χ1n) is 33.5. The highest BCUT2D eigenvalue weighted by Crippen LogP contribution is 2.43. The van der Waals surface area contributed by atoms with Gasteiger partial charge in [0.2, 0.25) is 22.1 Å². The number of nitrogens with zero attached hydrogens (tertiary/aromatic N) is 6. The maximum Gasteiger partial charge on any atom is 0.264 e. The van der Waals surface area contributed by atoms with E-state index in [0.29, 0.717) is 141 Å². The molecule has 4 unspecified atom stereocenters. The summed E-state index contributed by atoms with van der Waals surface area (Å²) in [5.41, 5.74) is 14.0. The molecule has 564 valence electrons. The molecule has 1 aliphatic rings. The summed E-state index contributed by atoms with van der Waals surface area (Å²) in [7, 11) is -17.6. The van der Waals surface area contributed by atoms with Crippen molar-refractivity contribution in [1.82, 2.24) is 40.3 Å². The number of aromatic nitrogens is 3. The lowest BCUT2D eigenvalue weighted by Crippen LogP contribution is -2.48. The number of ketones is 1. The molecule has 4 atom stereocenters. The number of benzene rings is 3. The second-order valence-electron chi connectivity index (χ2n) is 26.0. The summed E-state index contributed by atoms with van der Waals surface area (Å²) in [4.78, 5) is 92.7. The van der Waals surface area contributed by atoms with Gasteiger partial charge in [-0.05, 0) is 159 Å². The highest BCUT2D eigenvalue weighted by molar-refractivity contribution is 7.86. The van der Waals surface area contributed by atoms with Crippen LogP contribution in [-0.2, 0) is 67.9 Å². The van der Waals surface area contributed by atoms with Gasteiger partial charge in [-0.3, -0.25) is 51.9 Å². The van der Waals surface area contributed by atoms with Crippen molar-refractivity contribution < 1.29 is 92.4 Å². The molecule has 1 fully saturated rings. The number of carbonyl (C=O) groups excluding carboxylic acids is 3. The third-order valence-electron chi connectivity index (χ3n) is 17.1. The van der Waals surface area contributed by atoms with Crippen LogP contribution < -0.4 is 56.4 Å². The highest BCUT2D eigenvalue weighted by Gasteiger charge is 2.30. The Hall–Kier alpha value is -7.05. The SMILES string of the molecule is CCCCNC(=O)COc1cc(C)c(-c2cc(CN3CCN(Cc4cc(-c5c(C)cc(OCC(=O)CCCCS(=O)(=O)O)cc5OC)cc(P(C)(=O)O)n4)CCN(Cc4cc(-c5c(C)cc(OCC(=O)NCCCS(=O)(=O)O)cc5C)cc(P(C)(=O)O)n4)CC3CN)nc(P(C)(=O)O)c2)c(OC)c1. The number of nitrogens with one attached hydrogen (secondary N) is 2. The second-order valence-corrected chi connectivity index (χ2v) is 35.8. The molecule has 1 aliphatic heterocycles. The van der Waals surface area contributed by atoms with E-state index >= 15 is 0 Å². The summed E-state index contributed by atoms with van der Waals surface area (Å²) in [6.45, 7) is 14.5. The number of hydrogen-bond acceptors (Lipinski definition) is 22. The zero-order valence-electron chi connectivity index (χ0n) is 59.8. The lowest BCUT2D eigenvalue weighted by atomic mass is 9.95. The maximum atomic E-state index is 13.8. The third kappa shape index (κ3) is 25.6. The number of amides is 2. The van der Waals surface area contributed by atoms with Crippen molar-refractivity contribution in [2.45, 2.75) is 98.8 Å². The van der Waals surface area contributed by atoms with Crippen molar-refractivity contribution in [1.29, 1.82) is 0 Å². The largest absolute Gasteiger partial charge is 0.496 e. The molecular weight excluding hydrogens is 1430 g/mol. The van der Waals surface area contributed by atoms with E-state index in [1.54, 1.807) is 61.5 Å². The molecule has 3 aromatic carbocycles. The minimum Gasteiger partial charge on any atom is -0.496 e. The standard InChI is InChI=1S/C69H96N9O20P3S2/c1-11-12-17-71-62(80)44-98-59-28-48(5)69(61(36-59)95-7)51-31-54(75-66(34-51)101(10,86)87)40-78-22-21-76(38-52-30-50(33-65(73-52)100(9,84)85)68-47(4)27-58(35-60(68)94-6)96-42-56(79)16-13-14-23-102(88,89)90)19-20-77(41-55(78)37-70)39-53-29-49(32-64(74-53)99(8,82)83)67-45(2)25-57(26-46(67)3)97-43-63(81)72-18-15-24-103(91,92)93/h25-36,55H,11-24,37-44,70H2,1-10H3,(H,71,80)(H,72,81)(H,82,83)(H,84,85)(H,86,87)(H,88,89,90)(H,91,92,93). The van der Waals surface area contributed by atoms with Gasteiger partial charge in [0, 0.05) is 128 Å². The van der Waals surface area contributed by atoms with Gasteiger partial charge in [-0.1, -0.05) is 13.3 Å². The lowest BCUT2D eigenvalue weighted by Gasteiger charge is -2.34. The molecule has 34 heteroatoms. The average Bonchev–Trinajstić information content (AvgIpc) is 1.17. The Kier molecular flexibility index (Phi) is 29.7. The molecule has 3 aromatic heterocycles. The van der Waals surface area contributed by atoms with Crippen LogP contribution in [0.3, 0.4) is 0 Å². The van der Waals surface area contributed by atoms with E-state index in [2.05, 4.69) is 25.3 Å². The van der Waals surface area contributed by atoms with Crippen molar-refractivity contribution in [2.75, 3.05) is 118 Å². The van der Waals surface area contributed by atoms with Crippen LogP contribution in [0.5, 0.6) is 28.7 Å². The molecule has 0 saturated carbocycles. The predicted octanol–water partition coefficient (Wildman–Crippen LogP) is 5.92. The molecule has 1 saturated heterocycles. The number of Topliss-reactive ketones (excluding diaryl/α,β-unsaturated/α-hetero) is 1. The molecule has 0 aliphatic carbocycles. The fourth-order valence-corrected chi connectivity index (χ4v) is 15.2. The summed E-state index contributed by atoms with van der Waals surface area (Å²) in [6, 6.07) is 19.8. The van der Waals surface area contributed by atoms with E-state index in [4.69, 9.17) is 53.5 Å². The Labute approximate surface area is 602 Å². The molecule has 2 amide bonds. The van der Waals surface area contributed by atoms with Crippen LogP contribution in [0.15, 0.2) is 72.8 Å². The molecule has 29 nitrogen and oxygen atoms in total. The van der Waals surface area contributed by atoms with E-state index in [1.165, 1.54) is 40.3 Å². The van der Waals surface area contributed by atoms with Gasteiger partial charge in [-0.15, -0.1) is 0 Å². The van der Waals surface area contributed by atoms with Crippen LogP contribution in [0.4, 0.5) is 0 Å². The van der Waals surface area contributed by atoms with Crippen LogP contribution in [0, 0.1) is 27.7 Å². The summed E-state index contributed by atoms with van der Waals surface area (Å²) >= 11 is 0. The summed E-state index contributed by atoms with van der Waals surface area (Å²) in [5, 5.41) is 5.40. The maximum absolute atomic E-state index is 13.8. The quantitative estimate of drug-likeness (QED) is 0.0128. The molecule has 9 N–H and O–H groups in total. The molecule has 4 heterocycles. The average molecular weight is 1530 g/mol. The number of hydrogen-bond donors (Lipinski definition) is 8. The Morgan fingerprint density at radius 3 is 1.36 bits per heavy atom. The van der Waals surface area contributed by atoms with E-state index in [1.807, 2.05) is 39.8 Å². The van der Waals surface area contributed by atoms with Crippen molar-refractivity contribution in [2.24, 2.45) is 5.73 Å². The predicted molar refractivity (Wildman–Crippen MR) is 395 cm³/mol. The zero-order valence-corrected chi connectivity index (χ0v) is 64.2. The molecule has 103 heavy (non-hydrogen) atoms. The highest BCUT2D eigenvalue weighted by atomic mass is 32.2. The number of rotatable bonds is 36. The number of carbonyl (C=O) groups is 3. The first-order chi connectivity index (χ1) is 48.3. The van der Waals surface area contributed by atoms with Gasteiger partial charge in [0.1, 0.15) is 51.7 Å². The fraction of sp³-hybridized carbons (Fsp3) is 0.478. The first-order valence-corrected chi connectivity index (χ1v) is 43.0. The summed E-state index contributed by atoms with van der Waals surface area (Å²) in [6.07, 6.45) is 2.06. The van der Waals surface area contributed by atoms with E-state index < -0.39 is 65.8 Å². The molecule has 6 aromatic rings. The van der Waals surface area contributed by atoms with Crippen molar-refractivity contribution in [3.63, 3.8) is 0 Å². The van der Waals surface area contributed by atoms with Gasteiger partial charge in [0.05, 0.1) is 42.8 Å². The number of pyridine rings is 3. The van der Waals surface area contributed by atoms with Gasteiger partial charge in [-0.25, -0.2) is 15.0 Å². The molecule has 0 bridgehead atoms. The van der Waals surface area contributed by atoms with Crippen LogP contribution >= 0.6 is 22.1 Å². The van der Waals surface area contributed by atoms with Crippen LogP contribution in [0.2, 0.25) is 0 Å². The topological polar surface area (TPSA) is 416 Å². The Morgan fingerprint density at radius 2 is 0.922 bits per heavy atom. The number of methoxy groups -OCH3 is 2. The number of aryl methyl sites for hydroxylation is 4. The van der Waals surface area contributed by atoms with Gasteiger partial charge in [-0.2, -0.15) is 16.8 Å². The molecule has 0 spiro atoms. The minimum absolute atomic E-state index is 0.00232. The lowest BCUT2D eigenvalue weighted by molar-refractivity contribution is -0.123. The monoisotopic (exact) mass is 1530 g/mol. The Morgan fingerprint density at radius 1 is 0.534 bits per heavy atom. The normalized spacial score (nSPS) is 16.1. The molecular formula is C69H96N9O20P3S2. The van der Waals surface area contributed by atoms with E-state index in [0.717, 1.165) is 12.8 Å². The Bertz CT molecular complexity index is 4400. The smallest absolute Gasteiger partial charge is 0.264 e. The van der Waals surface area contributed by atoms with E-state index in [9.17, 15) is 59.6 Å². The van der Waals surface area contributed by atoms with E-state index in [-0.39, 0.29) is 106 Å².